The Kier molecular flexibility index (Phi) is 7.37. The topological polar surface area (TPSA) is 68.3 Å². The molecule has 1 N–H and O–H groups in total. The molecule has 0 aliphatic carbocycles. The molecule has 1 amide bonds. The Morgan fingerprint density at radius 2 is 1.74 bits per heavy atom. The monoisotopic (exact) mass is 518 g/mol. The largest absolute Gasteiger partial charge is 0.447 e. The molecule has 10 heteroatoms. The third kappa shape index (κ3) is 6.17. The number of rotatable bonds is 7. The van der Waals surface area contributed by atoms with Crippen LogP contribution >= 0.6 is 22.9 Å². The number of aryl methyl sites for hydroxylation is 1. The number of alkyl halides is 3. The predicted octanol–water partition coefficient (Wildman–Crippen LogP) is 6.82. The average molecular weight is 519 g/mol. The molecule has 0 spiro atoms. The van der Waals surface area contributed by atoms with Crippen LogP contribution in [-0.4, -0.2) is 16.9 Å². The van der Waals surface area contributed by atoms with E-state index in [-0.39, 0.29) is 11.4 Å². The Bertz CT molecular complexity index is 1330. The quantitative estimate of drug-likeness (QED) is 0.272. The minimum atomic E-state index is -4.75. The predicted molar refractivity (Wildman–Crippen MR) is 128 cm³/mol. The van der Waals surface area contributed by atoms with Gasteiger partial charge in [0.05, 0.1) is 32.9 Å². The number of thiazole rings is 1. The first-order chi connectivity index (χ1) is 16.7. The zero-order valence-corrected chi connectivity index (χ0v) is 19.6. The number of hydrogen-bond acceptors (Lipinski definition) is 5. The summed E-state index contributed by atoms with van der Waals surface area (Å²) in [5.74, 6) is -1.60. The highest BCUT2D eigenvalue weighted by atomic mass is 35.5. The Hall–Kier alpha value is -3.43. The van der Waals surface area contributed by atoms with Crippen molar-refractivity contribution < 1.29 is 27.5 Å². The number of ether oxygens (including phenoxy) is 1. The van der Waals surface area contributed by atoms with Crippen LogP contribution in [0.25, 0.3) is 10.2 Å². The normalized spacial score (nSPS) is 12.3. The number of halogens is 4. The number of anilines is 1. The maximum Gasteiger partial charge on any atom is 0.418 e. The van der Waals surface area contributed by atoms with Crippen molar-refractivity contribution in [3.8, 4) is 0 Å². The molecular formula is C25H18ClF3N2O3S. The summed E-state index contributed by atoms with van der Waals surface area (Å²) in [6.45, 7) is 0. The van der Waals surface area contributed by atoms with Crippen molar-refractivity contribution in [1.29, 1.82) is 0 Å². The van der Waals surface area contributed by atoms with Crippen molar-refractivity contribution >= 4 is 50.7 Å². The lowest BCUT2D eigenvalue weighted by molar-refractivity contribution is -0.154. The number of benzene rings is 3. The molecule has 1 atom stereocenters. The lowest BCUT2D eigenvalue weighted by Crippen LogP contribution is -2.27. The average Bonchev–Trinajstić information content (AvgIpc) is 3.25. The van der Waals surface area contributed by atoms with Crippen LogP contribution in [0, 0.1) is 0 Å². The second-order valence-corrected chi connectivity index (χ2v) is 9.08. The fourth-order valence-corrected chi connectivity index (χ4v) is 4.52. The highest BCUT2D eigenvalue weighted by Crippen LogP contribution is 2.37. The number of carbonyl (C=O) groups excluding carboxylic acids is 2. The van der Waals surface area contributed by atoms with Gasteiger partial charge in [-0.25, -0.2) is 4.98 Å². The van der Waals surface area contributed by atoms with Crippen LogP contribution in [0.5, 0.6) is 0 Å². The van der Waals surface area contributed by atoms with E-state index in [0.717, 1.165) is 27.4 Å². The van der Waals surface area contributed by atoms with Crippen LogP contribution in [0.4, 0.5) is 18.9 Å². The first kappa shape index (κ1) is 24.7. The van der Waals surface area contributed by atoms with Gasteiger partial charge in [0.15, 0.2) is 0 Å². The molecule has 180 valence electrons. The minimum absolute atomic E-state index is 0.0504. The van der Waals surface area contributed by atoms with Crippen LogP contribution < -0.4 is 5.32 Å². The van der Waals surface area contributed by atoms with E-state index < -0.39 is 35.4 Å². The van der Waals surface area contributed by atoms with E-state index in [1.165, 1.54) is 17.4 Å². The molecule has 4 aromatic rings. The molecule has 0 aliphatic heterocycles. The first-order valence-electron chi connectivity index (χ1n) is 10.5. The summed E-state index contributed by atoms with van der Waals surface area (Å²) in [4.78, 5) is 30.1. The van der Waals surface area contributed by atoms with Crippen molar-refractivity contribution in [1.82, 2.24) is 4.98 Å². The minimum Gasteiger partial charge on any atom is -0.447 e. The molecule has 4 rings (SSSR count). The van der Waals surface area contributed by atoms with E-state index in [9.17, 15) is 22.8 Å². The van der Waals surface area contributed by atoms with E-state index in [2.05, 4.69) is 10.3 Å². The number of amides is 1. The van der Waals surface area contributed by atoms with E-state index in [1.54, 1.807) is 30.3 Å². The number of carbonyl (C=O) groups is 2. The summed E-state index contributed by atoms with van der Waals surface area (Å²) >= 11 is 7.16. The van der Waals surface area contributed by atoms with E-state index in [1.807, 2.05) is 24.3 Å². The van der Waals surface area contributed by atoms with Gasteiger partial charge in [0.1, 0.15) is 0 Å². The van der Waals surface area contributed by atoms with Gasteiger partial charge in [-0.05, 0) is 30.3 Å². The van der Waals surface area contributed by atoms with Gasteiger partial charge in [-0.3, -0.25) is 9.59 Å². The summed E-state index contributed by atoms with van der Waals surface area (Å²) in [5, 5.41) is 2.84. The van der Waals surface area contributed by atoms with Crippen LogP contribution in [0.15, 0.2) is 72.8 Å². The van der Waals surface area contributed by atoms with Gasteiger partial charge in [-0.1, -0.05) is 54.1 Å². The lowest BCUT2D eigenvalue weighted by atomic mass is 10.1. The lowest BCUT2D eigenvalue weighted by Gasteiger charge is -2.20. The first-order valence-corrected chi connectivity index (χ1v) is 11.7. The van der Waals surface area contributed by atoms with Gasteiger partial charge < -0.3 is 10.1 Å². The molecule has 0 saturated carbocycles. The highest BCUT2D eigenvalue weighted by molar-refractivity contribution is 7.18. The maximum absolute atomic E-state index is 13.5. The second-order valence-electron chi connectivity index (χ2n) is 7.53. The molecule has 0 radical (unpaired) electrons. The third-order valence-electron chi connectivity index (χ3n) is 5.02. The van der Waals surface area contributed by atoms with Gasteiger partial charge in [-0.15, -0.1) is 11.3 Å². The molecule has 0 aliphatic rings. The van der Waals surface area contributed by atoms with Crippen LogP contribution in [0.3, 0.4) is 0 Å². The number of esters is 1. The van der Waals surface area contributed by atoms with Crippen LogP contribution in [-0.2, 0) is 26.9 Å². The molecule has 0 saturated heterocycles. The summed E-state index contributed by atoms with van der Waals surface area (Å²) in [7, 11) is 0. The number of para-hydroxylation sites is 1. The van der Waals surface area contributed by atoms with Crippen molar-refractivity contribution in [2.24, 2.45) is 0 Å². The number of hydrogen-bond donors (Lipinski definition) is 1. The molecule has 0 bridgehead atoms. The summed E-state index contributed by atoms with van der Waals surface area (Å²) in [5.41, 5.74) is -0.447. The zero-order valence-electron chi connectivity index (χ0n) is 18.0. The van der Waals surface area contributed by atoms with E-state index >= 15 is 0 Å². The summed E-state index contributed by atoms with van der Waals surface area (Å²) < 4.78 is 46.8. The van der Waals surface area contributed by atoms with Crippen molar-refractivity contribution in [3.05, 3.63) is 94.0 Å². The Labute approximate surface area is 207 Å². The standard InChI is InChI=1S/C25H18ClF3N2O3S/c26-16-10-11-18(17(14-16)25(27,28)29)31-24(33)23(15-6-2-1-3-7-15)34-22(32)13-12-21-30-19-8-4-5-9-20(19)35-21/h1-11,14,23H,12-13H2,(H,31,33)/t23-/m1/s1. The zero-order chi connectivity index (χ0) is 25.0. The smallest absolute Gasteiger partial charge is 0.418 e. The fraction of sp³-hybridized carbons (Fsp3) is 0.160. The Balaban J connectivity index is 1.50. The maximum atomic E-state index is 13.5. The van der Waals surface area contributed by atoms with Gasteiger partial charge in [0.25, 0.3) is 5.91 Å². The molecular weight excluding hydrogens is 501 g/mol. The van der Waals surface area contributed by atoms with Crippen LogP contribution in [0.2, 0.25) is 5.02 Å². The molecule has 35 heavy (non-hydrogen) atoms. The van der Waals surface area contributed by atoms with Crippen LogP contribution in [0.1, 0.15) is 28.7 Å². The van der Waals surface area contributed by atoms with Crippen molar-refractivity contribution in [2.75, 3.05) is 5.32 Å². The second kappa shape index (κ2) is 10.5. The van der Waals surface area contributed by atoms with E-state index in [4.69, 9.17) is 16.3 Å². The Morgan fingerprint density at radius 3 is 2.46 bits per heavy atom. The molecule has 3 aromatic carbocycles. The molecule has 1 aromatic heterocycles. The molecule has 1 heterocycles. The summed E-state index contributed by atoms with van der Waals surface area (Å²) in [6.07, 6.45) is -5.94. The van der Waals surface area contributed by atoms with E-state index in [0.29, 0.717) is 12.0 Å². The van der Waals surface area contributed by atoms with Crippen molar-refractivity contribution in [2.45, 2.75) is 25.1 Å². The number of aromatic nitrogens is 1. The summed E-state index contributed by atoms with van der Waals surface area (Å²) in [6, 6.07) is 18.6. The fourth-order valence-electron chi connectivity index (χ4n) is 3.39. The molecule has 0 unspecified atom stereocenters. The van der Waals surface area contributed by atoms with Gasteiger partial charge in [0.2, 0.25) is 6.10 Å². The molecule has 5 nitrogen and oxygen atoms in total. The SMILES string of the molecule is O=C(CCc1nc2ccccc2s1)O[C@@H](C(=O)Nc1ccc(Cl)cc1C(F)(F)F)c1ccccc1. The van der Waals surface area contributed by atoms with Gasteiger partial charge in [0, 0.05) is 17.0 Å². The number of nitrogens with one attached hydrogen (secondary N) is 1. The van der Waals surface area contributed by atoms with Gasteiger partial charge in [-0.2, -0.15) is 13.2 Å². The van der Waals surface area contributed by atoms with Gasteiger partial charge >= 0.3 is 12.1 Å². The molecule has 0 fully saturated rings. The number of fused-ring (bicyclic) bond motifs is 1. The van der Waals surface area contributed by atoms with Crippen molar-refractivity contribution in [3.63, 3.8) is 0 Å². The Morgan fingerprint density at radius 1 is 1.03 bits per heavy atom. The third-order valence-corrected chi connectivity index (χ3v) is 6.35. The highest BCUT2D eigenvalue weighted by Gasteiger charge is 2.35. The number of nitrogens with zero attached hydrogens (tertiary/aromatic N) is 1.